The molecular weight excluding hydrogens is 603 g/mol. The van der Waals surface area contributed by atoms with E-state index >= 15 is 0 Å². The minimum absolute atomic E-state index is 0.0524. The van der Waals surface area contributed by atoms with E-state index in [0.29, 0.717) is 5.56 Å². The van der Waals surface area contributed by atoms with Gasteiger partial charge in [0.05, 0.1) is 32.7 Å². The molecule has 0 spiro atoms. The number of esters is 2. The number of carbonyl (C=O) groups excluding carboxylic acids is 3. The molecule has 0 aromatic heterocycles. The highest BCUT2D eigenvalue weighted by molar-refractivity contribution is 5.95. The van der Waals surface area contributed by atoms with Gasteiger partial charge in [-0.05, 0) is 36.1 Å². The van der Waals surface area contributed by atoms with Crippen LogP contribution in [0.3, 0.4) is 0 Å². The lowest BCUT2D eigenvalue weighted by Gasteiger charge is -2.21. The van der Waals surface area contributed by atoms with Crippen LogP contribution in [0.15, 0.2) is 48.5 Å². The summed E-state index contributed by atoms with van der Waals surface area (Å²) in [5, 5.41) is 1.59. The van der Waals surface area contributed by atoms with Gasteiger partial charge in [-0.15, -0.1) is 0 Å². The molecule has 7 nitrogen and oxygen atoms in total. The van der Waals surface area contributed by atoms with Crippen LogP contribution < -0.4 is 5.32 Å². The number of rotatable bonds is 12. The molecule has 1 unspecified atom stereocenters. The quantitative estimate of drug-likeness (QED) is 0.142. The highest BCUT2D eigenvalue weighted by Crippen LogP contribution is 2.39. The van der Waals surface area contributed by atoms with Gasteiger partial charge in [0.1, 0.15) is 11.3 Å². The fraction of sp³-hybridized carbons (Fsp3) is 0.300. The smallest absolute Gasteiger partial charge is 0.422 e. The lowest BCUT2D eigenvalue weighted by Crippen LogP contribution is -2.26. The number of carbonyl (C=O) groups is 3. The molecule has 0 bridgehead atoms. The molecule has 0 radical (unpaired) electrons. The summed E-state index contributed by atoms with van der Waals surface area (Å²) in [6, 6.07) is 12.2. The summed E-state index contributed by atoms with van der Waals surface area (Å²) in [6.07, 6.45) is -8.27. The Morgan fingerprint density at radius 1 is 0.750 bits per heavy atom. The van der Waals surface area contributed by atoms with Crippen LogP contribution in [-0.2, 0) is 54.2 Å². The zero-order chi connectivity index (χ0) is 32.6. The third-order valence-corrected chi connectivity index (χ3v) is 5.98. The van der Waals surface area contributed by atoms with Gasteiger partial charge in [0, 0.05) is 0 Å². The van der Waals surface area contributed by atoms with Gasteiger partial charge in [0.25, 0.3) is 5.91 Å². The SMILES string of the molecule is CCOC(=O)Cc1cc(CC(=O)OCC)cc(C(OCc2ccccc2)C(=O)Nc2c(F)c(F)c(C(F)(F)F)c(F)c2F)c1. The molecule has 3 aromatic rings. The second kappa shape index (κ2) is 14.8. The second-order valence-corrected chi connectivity index (χ2v) is 9.22. The van der Waals surface area contributed by atoms with E-state index in [-0.39, 0.29) is 49.4 Å². The summed E-state index contributed by atoms with van der Waals surface area (Å²) in [7, 11) is 0. The predicted molar refractivity (Wildman–Crippen MR) is 141 cm³/mol. The number of benzene rings is 3. The molecule has 0 saturated heterocycles. The molecule has 1 amide bonds. The fourth-order valence-electron chi connectivity index (χ4n) is 4.16. The average molecular weight is 630 g/mol. The number of alkyl halides is 3. The molecule has 3 rings (SSSR count). The van der Waals surface area contributed by atoms with Gasteiger partial charge in [0.2, 0.25) is 0 Å². The third-order valence-electron chi connectivity index (χ3n) is 5.98. The number of anilines is 1. The van der Waals surface area contributed by atoms with Gasteiger partial charge < -0.3 is 19.5 Å². The molecule has 14 heteroatoms. The van der Waals surface area contributed by atoms with Crippen molar-refractivity contribution < 1.29 is 59.3 Å². The summed E-state index contributed by atoms with van der Waals surface area (Å²) in [5.74, 6) is -13.3. The van der Waals surface area contributed by atoms with Crippen molar-refractivity contribution in [3.8, 4) is 0 Å². The standard InChI is InChI=1S/C30H26F7NO6/c1-3-42-20(39)13-17-10-18(14-21(40)43-4-2)12-19(11-17)28(44-15-16-8-6-5-7-9-16)29(41)38-27-25(33)23(31)22(30(35,36)37)24(32)26(27)34/h5-12,28H,3-4,13-15H2,1-2H3,(H,38,41). The Hall–Kier alpha value is -4.46. The van der Waals surface area contributed by atoms with Crippen LogP contribution >= 0.6 is 0 Å². The first-order valence-corrected chi connectivity index (χ1v) is 13.1. The molecule has 3 aromatic carbocycles. The molecule has 0 heterocycles. The first-order valence-electron chi connectivity index (χ1n) is 13.1. The van der Waals surface area contributed by atoms with Crippen LogP contribution in [0, 0.1) is 23.3 Å². The number of amides is 1. The third kappa shape index (κ3) is 8.56. The lowest BCUT2D eigenvalue weighted by atomic mass is 9.97. The maximum atomic E-state index is 14.6. The Bertz CT molecular complexity index is 1440. The zero-order valence-corrected chi connectivity index (χ0v) is 23.3. The van der Waals surface area contributed by atoms with Crippen molar-refractivity contribution >= 4 is 23.5 Å². The molecule has 0 saturated carbocycles. The highest BCUT2D eigenvalue weighted by Gasteiger charge is 2.43. The Morgan fingerprint density at radius 2 is 1.25 bits per heavy atom. The summed E-state index contributed by atoms with van der Waals surface area (Å²) in [5.41, 5.74) is -3.73. The van der Waals surface area contributed by atoms with Crippen LogP contribution in [0.2, 0.25) is 0 Å². The first kappa shape index (κ1) is 34.0. The van der Waals surface area contributed by atoms with Crippen LogP contribution in [0.4, 0.5) is 36.4 Å². The molecule has 1 atom stereocenters. The molecule has 0 aliphatic heterocycles. The van der Waals surface area contributed by atoms with Crippen molar-refractivity contribution in [2.45, 2.75) is 45.6 Å². The molecule has 236 valence electrons. The number of nitrogens with one attached hydrogen (secondary N) is 1. The van der Waals surface area contributed by atoms with E-state index in [2.05, 4.69) is 0 Å². The van der Waals surface area contributed by atoms with E-state index < -0.39 is 64.6 Å². The number of halogens is 7. The van der Waals surface area contributed by atoms with Crippen molar-refractivity contribution in [1.82, 2.24) is 0 Å². The van der Waals surface area contributed by atoms with Gasteiger partial charge in [-0.25, -0.2) is 17.6 Å². The summed E-state index contributed by atoms with van der Waals surface area (Å²) >= 11 is 0. The molecule has 0 aliphatic rings. The molecule has 44 heavy (non-hydrogen) atoms. The summed E-state index contributed by atoms with van der Waals surface area (Å²) < 4.78 is 112. The van der Waals surface area contributed by atoms with E-state index in [9.17, 15) is 45.1 Å². The lowest BCUT2D eigenvalue weighted by molar-refractivity contribution is -0.143. The Kier molecular flexibility index (Phi) is 11.5. The highest BCUT2D eigenvalue weighted by atomic mass is 19.4. The Morgan fingerprint density at radius 3 is 1.70 bits per heavy atom. The van der Waals surface area contributed by atoms with Crippen molar-refractivity contribution in [3.05, 3.63) is 99.6 Å². The van der Waals surface area contributed by atoms with Crippen LogP contribution in [-0.4, -0.2) is 31.1 Å². The predicted octanol–water partition coefficient (Wildman–Crippen LogP) is 6.37. The van der Waals surface area contributed by atoms with E-state index in [0.717, 1.165) is 0 Å². The molecule has 0 fully saturated rings. The average Bonchev–Trinajstić information content (AvgIpc) is 2.94. The van der Waals surface area contributed by atoms with Crippen molar-refractivity contribution in [1.29, 1.82) is 0 Å². The Labute approximate surface area is 246 Å². The number of ether oxygens (including phenoxy) is 3. The normalized spacial score (nSPS) is 12.0. The largest absolute Gasteiger partial charge is 0.466 e. The summed E-state index contributed by atoms with van der Waals surface area (Å²) in [6.45, 7) is 2.95. The maximum absolute atomic E-state index is 14.6. The van der Waals surface area contributed by atoms with Crippen molar-refractivity contribution in [2.75, 3.05) is 18.5 Å². The molecular formula is C30H26F7NO6. The summed E-state index contributed by atoms with van der Waals surface area (Å²) in [4.78, 5) is 37.8. The maximum Gasteiger partial charge on any atom is 0.422 e. The topological polar surface area (TPSA) is 90.9 Å². The number of hydrogen-bond acceptors (Lipinski definition) is 6. The fourth-order valence-corrected chi connectivity index (χ4v) is 4.16. The second-order valence-electron chi connectivity index (χ2n) is 9.22. The van der Waals surface area contributed by atoms with E-state index in [4.69, 9.17) is 14.2 Å². The van der Waals surface area contributed by atoms with E-state index in [1.165, 1.54) is 18.2 Å². The minimum Gasteiger partial charge on any atom is -0.466 e. The van der Waals surface area contributed by atoms with Gasteiger partial charge in [-0.3, -0.25) is 14.4 Å². The zero-order valence-electron chi connectivity index (χ0n) is 23.3. The van der Waals surface area contributed by atoms with E-state index in [1.807, 2.05) is 0 Å². The molecule has 0 aliphatic carbocycles. The van der Waals surface area contributed by atoms with Gasteiger partial charge >= 0.3 is 18.1 Å². The van der Waals surface area contributed by atoms with Gasteiger partial charge in [-0.1, -0.05) is 48.5 Å². The first-order chi connectivity index (χ1) is 20.8. The molecule has 1 N–H and O–H groups in total. The minimum atomic E-state index is -5.78. The van der Waals surface area contributed by atoms with Crippen molar-refractivity contribution in [3.63, 3.8) is 0 Å². The number of hydrogen-bond donors (Lipinski definition) is 1. The van der Waals surface area contributed by atoms with Gasteiger partial charge in [0.15, 0.2) is 29.4 Å². The monoisotopic (exact) mass is 629 g/mol. The van der Waals surface area contributed by atoms with E-state index in [1.54, 1.807) is 49.5 Å². The van der Waals surface area contributed by atoms with Crippen LogP contribution in [0.1, 0.15) is 47.8 Å². The van der Waals surface area contributed by atoms with Crippen molar-refractivity contribution in [2.24, 2.45) is 0 Å². The van der Waals surface area contributed by atoms with Gasteiger partial charge in [-0.2, -0.15) is 13.2 Å². The Balaban J connectivity index is 2.10. The van der Waals surface area contributed by atoms with Crippen LogP contribution in [0.5, 0.6) is 0 Å². The van der Waals surface area contributed by atoms with Crippen LogP contribution in [0.25, 0.3) is 0 Å².